The van der Waals surface area contributed by atoms with Crippen molar-refractivity contribution in [2.75, 3.05) is 13.2 Å². The molecule has 1 amide bonds. The lowest BCUT2D eigenvalue weighted by molar-refractivity contribution is -0.0389. The smallest absolute Gasteiger partial charge is 0.274 e. The molecular weight excluding hydrogens is 306 g/mol. The molecule has 2 aromatic rings. The van der Waals surface area contributed by atoms with Gasteiger partial charge in [0, 0.05) is 12.6 Å². The SMILES string of the molecule is C[C@@H]1CO[C@@H](C)CN1C(=O)c1ccc(=O)n(Cc2ccccc2)n1. The van der Waals surface area contributed by atoms with Gasteiger partial charge in [-0.05, 0) is 25.5 Å². The molecule has 6 nitrogen and oxygen atoms in total. The second-order valence-corrected chi connectivity index (χ2v) is 6.15. The minimum atomic E-state index is -0.223. The molecular formula is C18H21N3O3. The first-order valence-corrected chi connectivity index (χ1v) is 8.09. The monoisotopic (exact) mass is 327 g/mol. The number of hydrogen-bond acceptors (Lipinski definition) is 4. The van der Waals surface area contributed by atoms with E-state index >= 15 is 0 Å². The molecule has 2 heterocycles. The molecule has 0 radical (unpaired) electrons. The molecule has 0 aliphatic carbocycles. The Morgan fingerprint density at radius 2 is 1.96 bits per heavy atom. The summed E-state index contributed by atoms with van der Waals surface area (Å²) < 4.78 is 6.89. The van der Waals surface area contributed by atoms with Crippen LogP contribution >= 0.6 is 0 Å². The molecule has 6 heteroatoms. The maximum atomic E-state index is 12.8. The highest BCUT2D eigenvalue weighted by Gasteiger charge is 2.29. The summed E-state index contributed by atoms with van der Waals surface area (Å²) in [4.78, 5) is 26.6. The lowest BCUT2D eigenvalue weighted by Gasteiger charge is -2.36. The molecule has 0 spiro atoms. The fourth-order valence-corrected chi connectivity index (χ4v) is 2.77. The molecule has 1 aliphatic heterocycles. The van der Waals surface area contributed by atoms with Crippen molar-refractivity contribution < 1.29 is 9.53 Å². The normalized spacial score (nSPS) is 20.8. The Balaban J connectivity index is 1.85. The van der Waals surface area contributed by atoms with Gasteiger partial charge in [0.15, 0.2) is 0 Å². The van der Waals surface area contributed by atoms with E-state index in [0.29, 0.717) is 19.7 Å². The van der Waals surface area contributed by atoms with Crippen LogP contribution in [0.3, 0.4) is 0 Å². The number of morpholine rings is 1. The van der Waals surface area contributed by atoms with Crippen LogP contribution in [0.15, 0.2) is 47.3 Å². The fourth-order valence-electron chi connectivity index (χ4n) is 2.77. The van der Waals surface area contributed by atoms with E-state index in [0.717, 1.165) is 5.56 Å². The van der Waals surface area contributed by atoms with E-state index in [1.165, 1.54) is 16.8 Å². The van der Waals surface area contributed by atoms with Gasteiger partial charge in [-0.15, -0.1) is 0 Å². The van der Waals surface area contributed by atoms with Crippen LogP contribution in [-0.4, -0.2) is 45.9 Å². The number of rotatable bonds is 3. The summed E-state index contributed by atoms with van der Waals surface area (Å²) in [5, 5.41) is 4.27. The maximum absolute atomic E-state index is 12.8. The third kappa shape index (κ3) is 3.54. The zero-order valence-corrected chi connectivity index (χ0v) is 13.9. The van der Waals surface area contributed by atoms with Crippen molar-refractivity contribution in [3.05, 3.63) is 64.1 Å². The Kier molecular flexibility index (Phi) is 4.76. The van der Waals surface area contributed by atoms with E-state index in [1.54, 1.807) is 4.90 Å². The largest absolute Gasteiger partial charge is 0.375 e. The standard InChI is InChI=1S/C18H21N3O3/c1-13-12-24-14(2)10-20(13)18(23)16-8-9-17(22)21(19-16)11-15-6-4-3-5-7-15/h3-9,13-14H,10-12H2,1-2H3/t13-,14+/m1/s1. The van der Waals surface area contributed by atoms with Crippen LogP contribution in [0.2, 0.25) is 0 Å². The highest BCUT2D eigenvalue weighted by atomic mass is 16.5. The average molecular weight is 327 g/mol. The second-order valence-electron chi connectivity index (χ2n) is 6.15. The number of hydrogen-bond donors (Lipinski definition) is 0. The van der Waals surface area contributed by atoms with Crippen LogP contribution in [0.4, 0.5) is 0 Å². The number of benzene rings is 1. The van der Waals surface area contributed by atoms with Gasteiger partial charge in [0.05, 0.1) is 25.3 Å². The van der Waals surface area contributed by atoms with Crippen LogP contribution in [0, 0.1) is 0 Å². The Hall–Kier alpha value is -2.47. The molecule has 1 saturated heterocycles. The summed E-state index contributed by atoms with van der Waals surface area (Å²) in [5.74, 6) is -0.167. The van der Waals surface area contributed by atoms with Crippen molar-refractivity contribution in [2.24, 2.45) is 0 Å². The first kappa shape index (κ1) is 16.4. The van der Waals surface area contributed by atoms with E-state index in [4.69, 9.17) is 4.74 Å². The van der Waals surface area contributed by atoms with Crippen LogP contribution in [0.1, 0.15) is 29.9 Å². The summed E-state index contributed by atoms with van der Waals surface area (Å²) >= 11 is 0. The summed E-state index contributed by atoms with van der Waals surface area (Å²) in [6.45, 7) is 5.27. The third-order valence-electron chi connectivity index (χ3n) is 4.13. The van der Waals surface area contributed by atoms with E-state index in [9.17, 15) is 9.59 Å². The van der Waals surface area contributed by atoms with Crippen LogP contribution in [0.25, 0.3) is 0 Å². The van der Waals surface area contributed by atoms with Gasteiger partial charge in [0.25, 0.3) is 11.5 Å². The van der Waals surface area contributed by atoms with Gasteiger partial charge in [-0.1, -0.05) is 30.3 Å². The highest BCUT2D eigenvalue weighted by molar-refractivity contribution is 5.92. The molecule has 0 bridgehead atoms. The van der Waals surface area contributed by atoms with Gasteiger partial charge in [-0.3, -0.25) is 9.59 Å². The molecule has 0 unspecified atom stereocenters. The minimum absolute atomic E-state index is 0.000346. The lowest BCUT2D eigenvalue weighted by atomic mass is 10.2. The molecule has 1 aromatic heterocycles. The predicted molar refractivity (Wildman–Crippen MR) is 90.0 cm³/mol. The third-order valence-corrected chi connectivity index (χ3v) is 4.13. The van der Waals surface area contributed by atoms with Crippen LogP contribution < -0.4 is 5.56 Å². The Morgan fingerprint density at radius 1 is 1.21 bits per heavy atom. The van der Waals surface area contributed by atoms with Crippen LogP contribution in [0.5, 0.6) is 0 Å². The Labute approximate surface area is 140 Å². The summed E-state index contributed by atoms with van der Waals surface area (Å²) in [6, 6.07) is 12.5. The highest BCUT2D eigenvalue weighted by Crippen LogP contribution is 2.14. The number of amides is 1. The molecule has 2 atom stereocenters. The number of ether oxygens (including phenoxy) is 1. The fraction of sp³-hybridized carbons (Fsp3) is 0.389. The first-order chi connectivity index (χ1) is 11.5. The summed E-state index contributed by atoms with van der Waals surface area (Å²) in [5.41, 5.74) is 1.02. The predicted octanol–water partition coefficient (Wildman–Crippen LogP) is 1.54. The van der Waals surface area contributed by atoms with Crippen molar-refractivity contribution in [3.8, 4) is 0 Å². The molecule has 0 saturated carbocycles. The Bertz CT molecular complexity index is 773. The molecule has 1 aliphatic rings. The summed E-state index contributed by atoms with van der Waals surface area (Å²) in [6.07, 6.45) is 0.000346. The second kappa shape index (κ2) is 6.97. The van der Waals surface area contributed by atoms with E-state index in [-0.39, 0.29) is 29.3 Å². The number of carbonyl (C=O) groups is 1. The number of aromatic nitrogens is 2. The topological polar surface area (TPSA) is 64.4 Å². The van der Waals surface area contributed by atoms with Crippen molar-refractivity contribution in [2.45, 2.75) is 32.5 Å². The molecule has 24 heavy (non-hydrogen) atoms. The zero-order chi connectivity index (χ0) is 17.1. The summed E-state index contributed by atoms with van der Waals surface area (Å²) in [7, 11) is 0. The van der Waals surface area contributed by atoms with Crippen molar-refractivity contribution in [1.82, 2.24) is 14.7 Å². The van der Waals surface area contributed by atoms with E-state index in [1.807, 2.05) is 44.2 Å². The molecule has 126 valence electrons. The first-order valence-electron chi connectivity index (χ1n) is 8.09. The van der Waals surface area contributed by atoms with E-state index in [2.05, 4.69) is 5.10 Å². The average Bonchev–Trinajstić information content (AvgIpc) is 2.59. The zero-order valence-electron chi connectivity index (χ0n) is 13.9. The van der Waals surface area contributed by atoms with Gasteiger partial charge in [-0.25, -0.2) is 4.68 Å². The van der Waals surface area contributed by atoms with Gasteiger partial charge in [0.1, 0.15) is 5.69 Å². The van der Waals surface area contributed by atoms with Gasteiger partial charge < -0.3 is 9.64 Å². The van der Waals surface area contributed by atoms with Gasteiger partial charge >= 0.3 is 0 Å². The molecule has 1 aromatic carbocycles. The van der Waals surface area contributed by atoms with Crippen molar-refractivity contribution in [1.29, 1.82) is 0 Å². The van der Waals surface area contributed by atoms with Gasteiger partial charge in [-0.2, -0.15) is 5.10 Å². The number of nitrogens with zero attached hydrogens (tertiary/aromatic N) is 3. The quantitative estimate of drug-likeness (QED) is 0.858. The lowest BCUT2D eigenvalue weighted by Crippen LogP contribution is -2.50. The number of carbonyl (C=O) groups excluding carboxylic acids is 1. The van der Waals surface area contributed by atoms with Crippen LogP contribution in [-0.2, 0) is 11.3 Å². The Morgan fingerprint density at radius 3 is 2.71 bits per heavy atom. The molecule has 0 N–H and O–H groups in total. The minimum Gasteiger partial charge on any atom is -0.375 e. The van der Waals surface area contributed by atoms with Crippen molar-refractivity contribution >= 4 is 5.91 Å². The van der Waals surface area contributed by atoms with Crippen molar-refractivity contribution in [3.63, 3.8) is 0 Å². The maximum Gasteiger partial charge on any atom is 0.274 e. The van der Waals surface area contributed by atoms with Gasteiger partial charge in [0.2, 0.25) is 0 Å². The molecule has 1 fully saturated rings. The molecule has 3 rings (SSSR count). The van der Waals surface area contributed by atoms with E-state index < -0.39 is 0 Å².